The molecule has 0 aromatic carbocycles. The number of allylic oxidation sites excluding steroid dienone is 6. The topological polar surface area (TPSA) is 265 Å². The zero-order valence-electron chi connectivity index (χ0n) is 91.5. The second-order valence-electron chi connectivity index (χ2n) is 41.5. The lowest BCUT2D eigenvalue weighted by atomic mass is 10.0. The van der Waals surface area contributed by atoms with Gasteiger partial charge in [0.2, 0.25) is 35.4 Å². The fourth-order valence-electron chi connectivity index (χ4n) is 17.6. The van der Waals surface area contributed by atoms with Crippen molar-refractivity contribution in [3.63, 3.8) is 0 Å². The summed E-state index contributed by atoms with van der Waals surface area (Å²) < 4.78 is 0.785. The predicted molar refractivity (Wildman–Crippen MR) is 591 cm³/mol. The van der Waals surface area contributed by atoms with Gasteiger partial charge in [-0.05, 0) is 135 Å². The first-order valence-corrected chi connectivity index (χ1v) is 59.2. The smallest absolute Gasteiger partial charge is 0.242 e. The maximum absolute atomic E-state index is 13.0. The summed E-state index contributed by atoms with van der Waals surface area (Å²) in [7, 11) is 6.41. The molecule has 3 unspecified atom stereocenters. The summed E-state index contributed by atoms with van der Waals surface area (Å²) in [6.07, 6.45) is 121. The average Bonchev–Trinajstić information content (AvgIpc) is 0.913. The van der Waals surface area contributed by atoms with Crippen LogP contribution in [0.2, 0.25) is 0 Å². The number of carbonyl (C=O) groups is 6. The van der Waals surface area contributed by atoms with Gasteiger partial charge < -0.3 is 53.6 Å². The van der Waals surface area contributed by atoms with Gasteiger partial charge in [-0.15, -0.1) is 0 Å². The van der Waals surface area contributed by atoms with Crippen molar-refractivity contribution >= 4 is 41.4 Å². The summed E-state index contributed by atoms with van der Waals surface area (Å²) in [5.41, 5.74) is 16.7. The second-order valence-corrected chi connectivity index (χ2v) is 41.5. The summed E-state index contributed by atoms with van der Waals surface area (Å²) in [5, 5.41) is 18.1. The molecule has 0 aliphatic heterocycles. The summed E-state index contributed by atoms with van der Waals surface area (Å²) in [6, 6.07) is -1.54. The lowest BCUT2D eigenvalue weighted by molar-refractivity contribution is -0.870. The molecule has 796 valence electrons. The van der Waals surface area contributed by atoms with Gasteiger partial charge in [-0.2, -0.15) is 0 Å². The molecule has 0 aromatic rings. The van der Waals surface area contributed by atoms with E-state index >= 15 is 0 Å². The van der Waals surface area contributed by atoms with E-state index in [0.29, 0.717) is 71.2 Å². The molecule has 3 atom stereocenters. The molecule has 135 heavy (non-hydrogen) atoms. The Balaban J connectivity index is -0.00000194. The van der Waals surface area contributed by atoms with Crippen molar-refractivity contribution in [3.8, 4) is 0 Å². The molecule has 0 rings (SSSR count). The van der Waals surface area contributed by atoms with Crippen molar-refractivity contribution in [2.45, 2.75) is 618 Å². The number of hydrogen-bond acceptors (Lipinski definition) is 8. The SMILES string of the molecule is CCCCCCCC/C=C/CCCCCCCC(=O)NC(CCN)C(=O)NCCCCCCCCCCCCCCCC.CCCCCCCC/C=C/CCCCCCCC(=O)NC(CCN=C(N)N)C(=O)NCCCCCCCCCCCCCCCC.CCCCCCCC/C=C/CCCCCCCC(=O)NC(CC[N+](C)(C)C)C(=O)NCCCCCCCCCCCCCCCC. The largest absolute Gasteiger partial charge is 0.370 e. The molecule has 6 amide bonds. The van der Waals surface area contributed by atoms with Crippen LogP contribution in [0.5, 0.6) is 0 Å². The van der Waals surface area contributed by atoms with Crippen LogP contribution >= 0.6 is 0 Å². The maximum atomic E-state index is 13.0. The van der Waals surface area contributed by atoms with Gasteiger partial charge in [0, 0.05) is 51.9 Å². The van der Waals surface area contributed by atoms with Gasteiger partial charge >= 0.3 is 0 Å². The highest BCUT2D eigenvalue weighted by Gasteiger charge is 2.25. The molecule has 0 saturated carbocycles. The lowest BCUT2D eigenvalue weighted by Crippen LogP contribution is -2.49. The Hall–Kier alpha value is -4.77. The van der Waals surface area contributed by atoms with Crippen LogP contribution in [0.4, 0.5) is 0 Å². The number of guanidine groups is 1. The molecule has 0 fully saturated rings. The number of hydrogen-bond donors (Lipinski definition) is 9. The monoisotopic (exact) mass is 1900 g/mol. The van der Waals surface area contributed by atoms with Crippen LogP contribution in [0.3, 0.4) is 0 Å². The molecule has 0 radical (unpaired) electrons. The quantitative estimate of drug-likeness (QED) is 0.00920. The molecule has 0 heterocycles. The fraction of sp³-hybridized carbons (Fsp3) is 0.890. The van der Waals surface area contributed by atoms with Gasteiger partial charge in [0.05, 0.1) is 27.7 Å². The van der Waals surface area contributed by atoms with Crippen molar-refractivity contribution in [2.24, 2.45) is 22.2 Å². The number of amides is 6. The fourth-order valence-corrected chi connectivity index (χ4v) is 17.6. The van der Waals surface area contributed by atoms with Gasteiger partial charge in [-0.3, -0.25) is 33.8 Å². The molecule has 0 aromatic heterocycles. The molecule has 0 saturated heterocycles. The number of nitrogens with two attached hydrogens (primary N) is 3. The summed E-state index contributed by atoms with van der Waals surface area (Å²) in [6.45, 7) is 17.2. The van der Waals surface area contributed by atoms with E-state index in [0.717, 1.165) is 94.5 Å². The zero-order valence-corrected chi connectivity index (χ0v) is 91.5. The Morgan fingerprint density at radius 1 is 0.244 bits per heavy atom. The Bertz CT molecular complexity index is 2610. The van der Waals surface area contributed by atoms with E-state index in [1.165, 1.54) is 437 Å². The molecule has 0 aliphatic carbocycles. The van der Waals surface area contributed by atoms with Crippen LogP contribution in [0.1, 0.15) is 600 Å². The number of nitrogens with one attached hydrogen (secondary N) is 6. The first kappa shape index (κ1) is 134. The molecule has 12 N–H and O–H groups in total. The lowest BCUT2D eigenvalue weighted by Gasteiger charge is -2.27. The zero-order chi connectivity index (χ0) is 99.2. The predicted octanol–water partition coefficient (Wildman–Crippen LogP) is 31.4. The van der Waals surface area contributed by atoms with Crippen LogP contribution < -0.4 is 49.1 Å². The first-order chi connectivity index (χ1) is 66.0. The molecular formula is C118H234N11O6+. The van der Waals surface area contributed by atoms with Crippen LogP contribution in [-0.2, 0) is 28.8 Å². The van der Waals surface area contributed by atoms with Crippen LogP contribution in [0.15, 0.2) is 41.4 Å². The van der Waals surface area contributed by atoms with Crippen molar-refractivity contribution in [1.82, 2.24) is 31.9 Å². The minimum Gasteiger partial charge on any atom is -0.370 e. The molecule has 17 nitrogen and oxygen atoms in total. The first-order valence-electron chi connectivity index (χ1n) is 59.2. The van der Waals surface area contributed by atoms with Crippen molar-refractivity contribution in [1.29, 1.82) is 0 Å². The van der Waals surface area contributed by atoms with E-state index < -0.39 is 18.1 Å². The number of quaternary nitrogens is 1. The molecule has 17 heteroatoms. The number of nitrogens with zero attached hydrogens (tertiary/aromatic N) is 2. The van der Waals surface area contributed by atoms with Crippen molar-refractivity contribution in [2.75, 3.05) is 60.4 Å². The Morgan fingerprint density at radius 2 is 0.422 bits per heavy atom. The third-order valence-electron chi connectivity index (χ3n) is 26.7. The number of unbranched alkanes of at least 4 members (excludes halogenated alkanes) is 72. The van der Waals surface area contributed by atoms with Gasteiger partial charge in [0.1, 0.15) is 18.1 Å². The normalized spacial score (nSPS) is 12.2. The van der Waals surface area contributed by atoms with Gasteiger partial charge in [0.15, 0.2) is 5.96 Å². The highest BCUT2D eigenvalue weighted by molar-refractivity contribution is 5.89. The van der Waals surface area contributed by atoms with Gasteiger partial charge in [-0.25, -0.2) is 0 Å². The molecule has 0 bridgehead atoms. The highest BCUT2D eigenvalue weighted by atomic mass is 16.2. The third-order valence-corrected chi connectivity index (χ3v) is 26.7. The molecule has 0 spiro atoms. The summed E-state index contributed by atoms with van der Waals surface area (Å²) in [4.78, 5) is 80.3. The standard InChI is InChI=1S/C41H81N3O2.C39H77N5O2.C38H75N3O2/c1-6-8-10-12-14-16-18-20-22-23-25-27-29-31-33-35-40(45)43-39(36-38-44(3,4)5)41(46)42-37-34-32-30-28-26-24-21-19-17-15-13-11-9-7-2;1-3-5-7-9-11-13-15-17-19-20-22-24-26-28-30-32-37(45)44-36(33-35-43-39(40)41)38(46)42-34-31-29-27-25-23-21-18-16-14-12-10-8-6-4-2;1-3-5-7-9-11-13-15-17-19-20-22-24-26-28-30-32-37(42)41-36(33-34-39)38(43)40-35-31-29-27-25-23-21-18-16-14-12-10-8-6-4-2/h20,22,39H,6-19,21,23-38H2,1-5H3,(H-,42,43,45,46);17,19,36H,3-16,18,20-35H2,1-2H3,(H,42,46)(H,44,45)(H4,40,41,43);17,19,36H,3-16,18,20-35,39H2,1-2H3,(H,40,43)(H,41,42)/p+1/b22-20+;2*19-17+. The van der Waals surface area contributed by atoms with Crippen molar-refractivity contribution < 1.29 is 33.3 Å². The van der Waals surface area contributed by atoms with Crippen LogP contribution in [-0.4, -0.2) is 124 Å². The third kappa shape index (κ3) is 113. The van der Waals surface area contributed by atoms with Gasteiger partial charge in [0.25, 0.3) is 0 Å². The summed E-state index contributed by atoms with van der Waals surface area (Å²) >= 11 is 0. The van der Waals surface area contributed by atoms with E-state index in [9.17, 15) is 28.8 Å². The molecular weight excluding hydrogens is 1670 g/mol. The van der Waals surface area contributed by atoms with Crippen LogP contribution in [0.25, 0.3) is 0 Å². The molecule has 0 aliphatic rings. The average molecular weight is 1900 g/mol. The Labute approximate surface area is 839 Å². The number of aliphatic imine (C=N–C) groups is 1. The minimum absolute atomic E-state index is 0.00110. The van der Waals surface area contributed by atoms with E-state index in [1.54, 1.807) is 0 Å². The Kier molecular flexibility index (Phi) is 112. The van der Waals surface area contributed by atoms with E-state index in [2.05, 4.69) is 136 Å². The second kappa shape index (κ2) is 113. The number of carbonyl (C=O) groups excluding carboxylic acids is 6. The van der Waals surface area contributed by atoms with E-state index in [-0.39, 0.29) is 41.4 Å². The highest BCUT2D eigenvalue weighted by Crippen LogP contribution is 2.21. The minimum atomic E-state index is -0.606. The maximum Gasteiger partial charge on any atom is 0.242 e. The number of rotatable bonds is 104. The van der Waals surface area contributed by atoms with Gasteiger partial charge in [-0.1, -0.05) is 483 Å². The Morgan fingerprint density at radius 3 is 0.615 bits per heavy atom. The van der Waals surface area contributed by atoms with Crippen LogP contribution in [0, 0.1) is 0 Å². The van der Waals surface area contributed by atoms with E-state index in [4.69, 9.17) is 17.2 Å². The van der Waals surface area contributed by atoms with E-state index in [1.807, 2.05) is 0 Å². The van der Waals surface area contributed by atoms with Crippen molar-refractivity contribution in [3.05, 3.63) is 36.5 Å². The summed E-state index contributed by atoms with van der Waals surface area (Å²) in [5.74, 6) is -0.309.